The number of anilines is 1. The van der Waals surface area contributed by atoms with Crippen LogP contribution >= 0.6 is 0 Å². The van der Waals surface area contributed by atoms with Crippen LogP contribution in [0.25, 0.3) is 11.0 Å². The topological polar surface area (TPSA) is 94.2 Å². The number of nitrogens with one attached hydrogen (secondary N) is 1. The fourth-order valence-corrected chi connectivity index (χ4v) is 3.83. The van der Waals surface area contributed by atoms with E-state index in [1.807, 2.05) is 0 Å². The molecule has 2 aromatic heterocycles. The summed E-state index contributed by atoms with van der Waals surface area (Å²) in [6, 6.07) is 11.9. The number of aromatic nitrogens is 2. The smallest absolute Gasteiger partial charge is 0.416 e. The first-order valence-electron chi connectivity index (χ1n) is 9.24. The Bertz CT molecular complexity index is 1410. The van der Waals surface area contributed by atoms with Gasteiger partial charge in [-0.25, -0.2) is 13.4 Å². The molecule has 0 saturated carbocycles. The molecule has 11 heteroatoms. The fourth-order valence-electron chi connectivity index (χ4n) is 3.16. The predicted octanol–water partition coefficient (Wildman–Crippen LogP) is 4.35. The molecule has 2 aromatic carbocycles. The minimum atomic E-state index is -4.55. The Labute approximate surface area is 180 Å². The molecule has 0 spiro atoms. The van der Waals surface area contributed by atoms with Crippen LogP contribution in [0.3, 0.4) is 0 Å². The van der Waals surface area contributed by atoms with E-state index in [1.165, 1.54) is 41.2 Å². The quantitative estimate of drug-likeness (QED) is 0.475. The van der Waals surface area contributed by atoms with E-state index in [1.54, 1.807) is 12.1 Å². The number of fused-ring (bicyclic) bond motifs is 1. The number of halogens is 3. The lowest BCUT2D eigenvalue weighted by Gasteiger charge is -2.10. The number of alkyl halides is 3. The van der Waals surface area contributed by atoms with E-state index in [2.05, 4.69) is 10.3 Å². The number of imidazole rings is 1. The van der Waals surface area contributed by atoms with Gasteiger partial charge in [-0.1, -0.05) is 6.07 Å². The monoisotopic (exact) mass is 463 g/mol. The standard InChI is InChI=1S/C21H16F3N3O4S/c1-32(29,30)16-6-2-4-13(10-16)19(28)26-20-25-17-11-14(21(22,23)24)7-8-18(17)27(20)12-15-5-3-9-31-15/h2-11H,12H2,1H3,(H,25,26,28). The Kier molecular flexibility index (Phi) is 5.29. The molecule has 1 amide bonds. The maximum absolute atomic E-state index is 13.1. The van der Waals surface area contributed by atoms with Crippen molar-refractivity contribution in [3.63, 3.8) is 0 Å². The Morgan fingerprint density at radius 2 is 1.91 bits per heavy atom. The molecule has 1 N–H and O–H groups in total. The maximum atomic E-state index is 13.1. The van der Waals surface area contributed by atoms with Crippen molar-refractivity contribution in [3.8, 4) is 0 Å². The van der Waals surface area contributed by atoms with E-state index in [0.29, 0.717) is 11.3 Å². The fraction of sp³-hybridized carbons (Fsp3) is 0.143. The van der Waals surface area contributed by atoms with Crippen molar-refractivity contribution in [3.05, 3.63) is 77.7 Å². The number of carbonyl (C=O) groups excluding carboxylic acids is 1. The molecule has 7 nitrogen and oxygen atoms in total. The molecule has 2 heterocycles. The first kappa shape index (κ1) is 21.6. The van der Waals surface area contributed by atoms with Gasteiger partial charge in [0.05, 0.1) is 34.3 Å². The predicted molar refractivity (Wildman–Crippen MR) is 110 cm³/mol. The van der Waals surface area contributed by atoms with Crippen molar-refractivity contribution in [1.82, 2.24) is 9.55 Å². The van der Waals surface area contributed by atoms with E-state index in [-0.39, 0.29) is 28.5 Å². The molecule has 0 fully saturated rings. The largest absolute Gasteiger partial charge is 0.467 e. The van der Waals surface area contributed by atoms with Crippen LogP contribution in [-0.2, 0) is 22.6 Å². The number of nitrogens with zero attached hydrogens (tertiary/aromatic N) is 2. The van der Waals surface area contributed by atoms with Crippen molar-refractivity contribution < 1.29 is 30.8 Å². The van der Waals surface area contributed by atoms with Gasteiger partial charge in [0.25, 0.3) is 5.91 Å². The molecular formula is C21H16F3N3O4S. The van der Waals surface area contributed by atoms with E-state index < -0.39 is 27.5 Å². The molecule has 4 rings (SSSR count). The number of amides is 1. The van der Waals surface area contributed by atoms with Gasteiger partial charge in [0.15, 0.2) is 9.84 Å². The van der Waals surface area contributed by atoms with Crippen LogP contribution < -0.4 is 5.32 Å². The van der Waals surface area contributed by atoms with E-state index in [4.69, 9.17) is 4.42 Å². The number of furan rings is 1. The Balaban J connectivity index is 1.76. The Morgan fingerprint density at radius 1 is 1.12 bits per heavy atom. The van der Waals surface area contributed by atoms with E-state index in [9.17, 15) is 26.4 Å². The lowest BCUT2D eigenvalue weighted by molar-refractivity contribution is -0.137. The normalized spacial score (nSPS) is 12.2. The summed E-state index contributed by atoms with van der Waals surface area (Å²) in [5, 5.41) is 2.56. The minimum Gasteiger partial charge on any atom is -0.467 e. The molecule has 4 aromatic rings. The van der Waals surface area contributed by atoms with Crippen LogP contribution in [0.4, 0.5) is 19.1 Å². The molecule has 32 heavy (non-hydrogen) atoms. The van der Waals surface area contributed by atoms with Gasteiger partial charge >= 0.3 is 6.18 Å². The summed E-state index contributed by atoms with van der Waals surface area (Å²) in [5.41, 5.74) is -0.423. The molecular weight excluding hydrogens is 447 g/mol. The van der Waals surface area contributed by atoms with Crippen molar-refractivity contribution in [2.45, 2.75) is 17.6 Å². The van der Waals surface area contributed by atoms with E-state index in [0.717, 1.165) is 18.4 Å². The Morgan fingerprint density at radius 3 is 2.56 bits per heavy atom. The van der Waals surface area contributed by atoms with Crippen LogP contribution in [0, 0.1) is 0 Å². The van der Waals surface area contributed by atoms with Gasteiger partial charge in [-0.05, 0) is 48.5 Å². The third kappa shape index (κ3) is 4.37. The molecule has 0 saturated heterocycles. The second kappa shape index (κ2) is 7.83. The van der Waals surface area contributed by atoms with Crippen molar-refractivity contribution in [2.24, 2.45) is 0 Å². The summed E-state index contributed by atoms with van der Waals surface area (Å²) in [5.74, 6) is -0.174. The van der Waals surface area contributed by atoms with E-state index >= 15 is 0 Å². The lowest BCUT2D eigenvalue weighted by atomic mass is 10.2. The van der Waals surface area contributed by atoms with Crippen LogP contribution in [0.1, 0.15) is 21.7 Å². The summed E-state index contributed by atoms with van der Waals surface area (Å²) >= 11 is 0. The summed E-state index contributed by atoms with van der Waals surface area (Å²) in [6.07, 6.45) is -2.08. The number of hydrogen-bond donors (Lipinski definition) is 1. The number of carbonyl (C=O) groups is 1. The lowest BCUT2D eigenvalue weighted by Crippen LogP contribution is -2.16. The van der Waals surface area contributed by atoms with Crippen molar-refractivity contribution in [1.29, 1.82) is 0 Å². The molecule has 0 aliphatic carbocycles. The summed E-state index contributed by atoms with van der Waals surface area (Å²) in [7, 11) is -3.53. The van der Waals surface area contributed by atoms with Crippen molar-refractivity contribution >= 4 is 32.7 Å². The minimum absolute atomic E-state index is 0.00881. The second-order valence-corrected chi connectivity index (χ2v) is 9.07. The molecule has 166 valence electrons. The SMILES string of the molecule is CS(=O)(=O)c1cccc(C(=O)Nc2nc3cc(C(F)(F)F)ccc3n2Cc2ccco2)c1. The van der Waals surface area contributed by atoms with Crippen LogP contribution in [0.15, 0.2) is 70.2 Å². The first-order chi connectivity index (χ1) is 15.0. The zero-order valence-electron chi connectivity index (χ0n) is 16.6. The van der Waals surface area contributed by atoms with Gasteiger partial charge in [-0.2, -0.15) is 13.2 Å². The first-order valence-corrected chi connectivity index (χ1v) is 11.1. The van der Waals surface area contributed by atoms with Gasteiger partial charge in [-0.3, -0.25) is 10.1 Å². The third-order valence-corrected chi connectivity index (χ3v) is 5.83. The van der Waals surface area contributed by atoms with Crippen molar-refractivity contribution in [2.75, 3.05) is 11.6 Å². The third-order valence-electron chi connectivity index (χ3n) is 4.72. The second-order valence-electron chi connectivity index (χ2n) is 7.06. The maximum Gasteiger partial charge on any atom is 0.416 e. The summed E-state index contributed by atoms with van der Waals surface area (Å²) in [4.78, 5) is 16.9. The highest BCUT2D eigenvalue weighted by Gasteiger charge is 2.31. The van der Waals surface area contributed by atoms with Gasteiger partial charge in [0.2, 0.25) is 5.95 Å². The molecule has 0 bridgehead atoms. The molecule has 0 aliphatic rings. The summed E-state index contributed by atoms with van der Waals surface area (Å²) < 4.78 is 69.8. The number of rotatable bonds is 5. The number of benzene rings is 2. The average Bonchev–Trinajstić information content (AvgIpc) is 3.35. The zero-order chi connectivity index (χ0) is 23.1. The van der Waals surface area contributed by atoms with Crippen LogP contribution in [0.5, 0.6) is 0 Å². The highest BCUT2D eigenvalue weighted by atomic mass is 32.2. The molecule has 0 radical (unpaired) electrons. The number of hydrogen-bond acceptors (Lipinski definition) is 5. The Hall–Kier alpha value is -3.60. The highest BCUT2D eigenvalue weighted by Crippen LogP contribution is 2.32. The average molecular weight is 463 g/mol. The van der Waals surface area contributed by atoms with Gasteiger partial charge in [0, 0.05) is 11.8 Å². The molecule has 0 atom stereocenters. The molecule has 0 unspecified atom stereocenters. The summed E-state index contributed by atoms with van der Waals surface area (Å²) in [6.45, 7) is 0.105. The van der Waals surface area contributed by atoms with Crippen LogP contribution in [0.2, 0.25) is 0 Å². The van der Waals surface area contributed by atoms with Gasteiger partial charge in [0.1, 0.15) is 5.76 Å². The highest BCUT2D eigenvalue weighted by molar-refractivity contribution is 7.90. The number of sulfone groups is 1. The zero-order valence-corrected chi connectivity index (χ0v) is 17.4. The van der Waals surface area contributed by atoms with Crippen LogP contribution in [-0.4, -0.2) is 30.1 Å². The van der Waals surface area contributed by atoms with Gasteiger partial charge in [-0.15, -0.1) is 0 Å². The molecule has 0 aliphatic heterocycles. The van der Waals surface area contributed by atoms with Gasteiger partial charge < -0.3 is 8.98 Å².